The van der Waals surface area contributed by atoms with Gasteiger partial charge in [0.15, 0.2) is 23.0 Å². The molecule has 2 aromatic carbocycles. The van der Waals surface area contributed by atoms with Crippen LogP contribution < -0.4 is 9.47 Å². The first-order valence-corrected chi connectivity index (χ1v) is 4.82. The Kier molecular flexibility index (Phi) is 1.10. The number of phenolic OH excluding ortho intramolecular Hbond substituents is 2. The largest absolute Gasteiger partial charge is 0.502 e. The molecule has 0 aliphatic carbocycles. The molecule has 4 aliphatic rings. The van der Waals surface area contributed by atoms with Crippen molar-refractivity contribution in [1.82, 2.24) is 0 Å². The van der Waals surface area contributed by atoms with Crippen LogP contribution in [-0.4, -0.2) is 10.2 Å². The van der Waals surface area contributed by atoms with Crippen LogP contribution in [0.5, 0.6) is 34.5 Å². The van der Waals surface area contributed by atoms with Gasteiger partial charge in [0.05, 0.1) is 0 Å². The van der Waals surface area contributed by atoms with E-state index in [0.717, 1.165) is 11.1 Å². The van der Waals surface area contributed by atoms with Gasteiger partial charge in [-0.2, -0.15) is 0 Å². The first kappa shape index (κ1) is 7.87. The fraction of sp³-hybridized carbons (Fsp3) is 0. The molecule has 4 heteroatoms. The number of fused-ring (bicyclic) bond motifs is 5. The van der Waals surface area contributed by atoms with Gasteiger partial charge in [-0.1, -0.05) is 0 Å². The molecule has 4 nitrogen and oxygen atoms in total. The Bertz CT molecular complexity index is 542. The van der Waals surface area contributed by atoms with Gasteiger partial charge in [-0.3, -0.25) is 0 Å². The predicted octanol–water partition coefficient (Wildman–Crippen LogP) is 2.98. The minimum Gasteiger partial charge on any atom is -0.502 e. The van der Waals surface area contributed by atoms with Crippen molar-refractivity contribution in [3.05, 3.63) is 24.3 Å². The molecule has 4 bridgehead atoms. The molecule has 0 amide bonds. The number of ether oxygens (including phenoxy) is 2. The summed E-state index contributed by atoms with van der Waals surface area (Å²) >= 11 is 0. The molecule has 0 spiro atoms. The summed E-state index contributed by atoms with van der Waals surface area (Å²) in [5.41, 5.74) is 1.89. The van der Waals surface area contributed by atoms with Crippen LogP contribution in [0, 0.1) is 0 Å². The van der Waals surface area contributed by atoms with Gasteiger partial charge < -0.3 is 19.7 Å². The molecule has 0 saturated carbocycles. The number of benzene rings is 2. The predicted molar refractivity (Wildman–Crippen MR) is 55.4 cm³/mol. The van der Waals surface area contributed by atoms with Crippen LogP contribution in [0.3, 0.4) is 0 Å². The molecule has 78 valence electrons. The summed E-state index contributed by atoms with van der Waals surface area (Å²) in [5.74, 6) is 2.37. The van der Waals surface area contributed by atoms with Crippen molar-refractivity contribution in [2.45, 2.75) is 0 Å². The summed E-state index contributed by atoms with van der Waals surface area (Å²) in [5, 5.41) is 18.8. The van der Waals surface area contributed by atoms with Crippen molar-refractivity contribution in [2.24, 2.45) is 0 Å². The lowest BCUT2D eigenvalue weighted by atomic mass is 10.00. The molecule has 16 heavy (non-hydrogen) atoms. The van der Waals surface area contributed by atoms with E-state index in [9.17, 15) is 10.2 Å². The first-order valence-electron chi connectivity index (χ1n) is 4.82. The van der Waals surface area contributed by atoms with Crippen LogP contribution in [0.2, 0.25) is 0 Å². The topological polar surface area (TPSA) is 58.9 Å². The Hall–Kier alpha value is -2.36. The zero-order valence-electron chi connectivity index (χ0n) is 8.02. The lowest BCUT2D eigenvalue weighted by Gasteiger charge is -2.24. The number of aromatic hydroxyl groups is 2. The second-order valence-electron chi connectivity index (χ2n) is 3.85. The second kappa shape index (κ2) is 2.24. The number of rotatable bonds is 1. The van der Waals surface area contributed by atoms with E-state index >= 15 is 0 Å². The van der Waals surface area contributed by atoms with E-state index < -0.39 is 0 Å². The molecular formula is C12H6O4. The maximum atomic E-state index is 9.38. The minimum absolute atomic E-state index is 0.205. The highest BCUT2D eigenvalue weighted by atomic mass is 16.5. The van der Waals surface area contributed by atoms with Crippen LogP contribution in [0.4, 0.5) is 0 Å². The summed E-state index contributed by atoms with van der Waals surface area (Å²) in [6.45, 7) is 0. The van der Waals surface area contributed by atoms with Gasteiger partial charge in [-0.15, -0.1) is 0 Å². The van der Waals surface area contributed by atoms with Gasteiger partial charge in [0, 0.05) is 0 Å². The van der Waals surface area contributed by atoms with Crippen LogP contribution in [0.1, 0.15) is 0 Å². The Morgan fingerprint density at radius 2 is 0.938 bits per heavy atom. The summed E-state index contributed by atoms with van der Waals surface area (Å²) in [6.07, 6.45) is 0. The van der Waals surface area contributed by atoms with E-state index in [-0.39, 0.29) is 11.5 Å². The van der Waals surface area contributed by atoms with Gasteiger partial charge in [0.25, 0.3) is 0 Å². The van der Waals surface area contributed by atoms with E-state index in [0.29, 0.717) is 23.0 Å². The minimum atomic E-state index is 0.205. The molecule has 2 N–H and O–H groups in total. The summed E-state index contributed by atoms with van der Waals surface area (Å²) in [4.78, 5) is 0. The Labute approximate surface area is 90.3 Å². The van der Waals surface area contributed by atoms with Crippen LogP contribution in [0.15, 0.2) is 24.3 Å². The highest BCUT2D eigenvalue weighted by Gasteiger charge is 2.27. The zero-order chi connectivity index (χ0) is 10.9. The SMILES string of the molecule is Oc1c2cc(-c3cc4c(O)c(c3)O4)cc1O2. The van der Waals surface area contributed by atoms with Gasteiger partial charge in [0.1, 0.15) is 0 Å². The summed E-state index contributed by atoms with van der Waals surface area (Å²) < 4.78 is 10.3. The van der Waals surface area contributed by atoms with Crippen molar-refractivity contribution in [2.75, 3.05) is 0 Å². The van der Waals surface area contributed by atoms with E-state index in [2.05, 4.69) is 0 Å². The third kappa shape index (κ3) is 0.760. The van der Waals surface area contributed by atoms with Gasteiger partial charge >= 0.3 is 0 Å². The van der Waals surface area contributed by atoms with E-state index in [1.165, 1.54) is 0 Å². The van der Waals surface area contributed by atoms with Gasteiger partial charge in [-0.05, 0) is 35.4 Å². The Morgan fingerprint density at radius 1 is 0.625 bits per heavy atom. The van der Waals surface area contributed by atoms with Crippen molar-refractivity contribution < 1.29 is 19.7 Å². The smallest absolute Gasteiger partial charge is 0.202 e. The maximum Gasteiger partial charge on any atom is 0.202 e. The first-order chi connectivity index (χ1) is 7.72. The monoisotopic (exact) mass is 214 g/mol. The van der Waals surface area contributed by atoms with Gasteiger partial charge in [-0.25, -0.2) is 0 Å². The summed E-state index contributed by atoms with van der Waals surface area (Å²) in [7, 11) is 0. The maximum absolute atomic E-state index is 9.38. The highest BCUT2D eigenvalue weighted by Crippen LogP contribution is 2.55. The molecule has 0 atom stereocenters. The van der Waals surface area contributed by atoms with Crippen molar-refractivity contribution >= 4 is 0 Å². The number of hydrogen-bond acceptors (Lipinski definition) is 4. The van der Waals surface area contributed by atoms with Crippen LogP contribution in [0.25, 0.3) is 11.1 Å². The normalized spacial score (nSPS) is 13.2. The Balaban J connectivity index is 1.87. The lowest BCUT2D eigenvalue weighted by Crippen LogP contribution is -2.00. The van der Waals surface area contributed by atoms with E-state index in [1.807, 2.05) is 0 Å². The second-order valence-corrected chi connectivity index (χ2v) is 3.85. The molecule has 0 saturated heterocycles. The molecule has 0 radical (unpaired) electrons. The molecule has 6 rings (SSSR count). The fourth-order valence-electron chi connectivity index (χ4n) is 1.95. The molecule has 2 aromatic rings. The average Bonchev–Trinajstić information content (AvgIpc) is 2.37. The number of phenols is 2. The fourth-order valence-corrected chi connectivity index (χ4v) is 1.95. The number of hydrogen-bond donors (Lipinski definition) is 2. The van der Waals surface area contributed by atoms with Gasteiger partial charge in [0.2, 0.25) is 11.5 Å². The molecule has 0 aromatic heterocycles. The molecule has 0 unspecified atom stereocenters. The van der Waals surface area contributed by atoms with Crippen LogP contribution in [-0.2, 0) is 0 Å². The van der Waals surface area contributed by atoms with Crippen molar-refractivity contribution in [3.63, 3.8) is 0 Å². The lowest BCUT2D eigenvalue weighted by molar-refractivity contribution is 0.333. The van der Waals surface area contributed by atoms with E-state index in [1.54, 1.807) is 24.3 Å². The Morgan fingerprint density at radius 3 is 1.19 bits per heavy atom. The van der Waals surface area contributed by atoms with Crippen molar-refractivity contribution in [3.8, 4) is 45.6 Å². The third-order valence-electron chi connectivity index (χ3n) is 2.85. The zero-order valence-corrected chi connectivity index (χ0v) is 8.02. The van der Waals surface area contributed by atoms with Crippen LogP contribution >= 0.6 is 0 Å². The van der Waals surface area contributed by atoms with E-state index in [4.69, 9.17) is 9.47 Å². The highest BCUT2D eigenvalue weighted by molar-refractivity contribution is 5.79. The summed E-state index contributed by atoms with van der Waals surface area (Å²) in [6, 6.07) is 7.03. The molecule has 0 fully saturated rings. The average molecular weight is 214 g/mol. The third-order valence-corrected chi connectivity index (χ3v) is 2.85. The standard InChI is InChI=1S/C12H6O4/c13-11-7-1-5(2-8(11)15-7)6-3-9-12(14)10(4-6)16-9/h1-4,13-14H. The quantitative estimate of drug-likeness (QED) is 0.511. The molecule has 4 heterocycles. The molecular weight excluding hydrogens is 208 g/mol. The van der Waals surface area contributed by atoms with Crippen molar-refractivity contribution in [1.29, 1.82) is 0 Å². The molecule has 4 aliphatic heterocycles.